The standard InChI is InChI=1S/C14H11ClN4OS2/c1-2-11-18-19-14(22-11)17-12(20)10-7-21-13(16-10)8-4-3-5-9(15)6-8/h3-7H,2H2,1H3,(H,17,19,20). The van der Waals surface area contributed by atoms with Crippen molar-refractivity contribution in [1.82, 2.24) is 15.2 Å². The number of nitrogens with one attached hydrogen (secondary N) is 1. The van der Waals surface area contributed by atoms with Crippen LogP contribution in [0.1, 0.15) is 22.4 Å². The van der Waals surface area contributed by atoms with Crippen LogP contribution in [0.25, 0.3) is 10.6 Å². The van der Waals surface area contributed by atoms with E-state index in [0.29, 0.717) is 15.8 Å². The van der Waals surface area contributed by atoms with Crippen LogP contribution in [0.15, 0.2) is 29.6 Å². The van der Waals surface area contributed by atoms with Gasteiger partial charge in [-0.3, -0.25) is 10.1 Å². The molecule has 0 atom stereocenters. The van der Waals surface area contributed by atoms with Gasteiger partial charge in [-0.1, -0.05) is 42.0 Å². The van der Waals surface area contributed by atoms with E-state index in [-0.39, 0.29) is 5.91 Å². The quantitative estimate of drug-likeness (QED) is 0.768. The summed E-state index contributed by atoms with van der Waals surface area (Å²) in [4.78, 5) is 16.5. The first kappa shape index (κ1) is 15.1. The van der Waals surface area contributed by atoms with E-state index in [1.165, 1.54) is 22.7 Å². The van der Waals surface area contributed by atoms with Crippen molar-refractivity contribution in [3.8, 4) is 10.6 Å². The van der Waals surface area contributed by atoms with Gasteiger partial charge in [-0.15, -0.1) is 21.5 Å². The van der Waals surface area contributed by atoms with Crippen LogP contribution >= 0.6 is 34.3 Å². The molecule has 0 spiro atoms. The number of aryl methyl sites for hydroxylation is 1. The molecule has 1 aromatic carbocycles. The number of thiazole rings is 1. The fourth-order valence-electron chi connectivity index (χ4n) is 1.74. The molecule has 0 saturated carbocycles. The van der Waals surface area contributed by atoms with Crippen LogP contribution in [0.2, 0.25) is 5.02 Å². The van der Waals surface area contributed by atoms with Crippen molar-refractivity contribution >= 4 is 45.3 Å². The molecule has 8 heteroatoms. The summed E-state index contributed by atoms with van der Waals surface area (Å²) in [7, 11) is 0. The van der Waals surface area contributed by atoms with E-state index in [4.69, 9.17) is 11.6 Å². The number of rotatable bonds is 4. The largest absolute Gasteiger partial charge is 0.295 e. The van der Waals surface area contributed by atoms with Gasteiger partial charge >= 0.3 is 0 Å². The fraction of sp³-hybridized carbons (Fsp3) is 0.143. The molecule has 1 amide bonds. The van der Waals surface area contributed by atoms with Gasteiger partial charge in [0.05, 0.1) is 0 Å². The number of carbonyl (C=O) groups excluding carboxylic acids is 1. The van der Waals surface area contributed by atoms with Crippen LogP contribution in [-0.4, -0.2) is 21.1 Å². The van der Waals surface area contributed by atoms with Crippen LogP contribution < -0.4 is 5.32 Å². The topological polar surface area (TPSA) is 67.8 Å². The second-order valence-corrected chi connectivity index (χ2v) is 6.71. The molecule has 0 aliphatic heterocycles. The maximum absolute atomic E-state index is 12.2. The zero-order chi connectivity index (χ0) is 15.5. The van der Waals surface area contributed by atoms with Gasteiger partial charge < -0.3 is 0 Å². The molecular weight excluding hydrogens is 340 g/mol. The molecule has 0 radical (unpaired) electrons. The molecule has 2 heterocycles. The third kappa shape index (κ3) is 3.32. The minimum absolute atomic E-state index is 0.289. The Morgan fingerprint density at radius 3 is 2.95 bits per heavy atom. The zero-order valence-corrected chi connectivity index (χ0v) is 13.9. The van der Waals surface area contributed by atoms with Gasteiger partial charge in [0.25, 0.3) is 5.91 Å². The minimum Gasteiger partial charge on any atom is -0.295 e. The highest BCUT2D eigenvalue weighted by molar-refractivity contribution is 7.15. The summed E-state index contributed by atoms with van der Waals surface area (Å²) in [6, 6.07) is 7.38. The summed E-state index contributed by atoms with van der Waals surface area (Å²) >= 11 is 8.73. The Bertz CT molecular complexity index is 815. The second-order valence-electron chi connectivity index (χ2n) is 4.36. The monoisotopic (exact) mass is 350 g/mol. The number of nitrogens with zero attached hydrogens (tertiary/aromatic N) is 3. The highest BCUT2D eigenvalue weighted by Crippen LogP contribution is 2.26. The third-order valence-corrected chi connectivity index (χ3v) is 4.91. The molecule has 2 aromatic heterocycles. The summed E-state index contributed by atoms with van der Waals surface area (Å²) in [6.07, 6.45) is 0.795. The van der Waals surface area contributed by atoms with Gasteiger partial charge in [0.1, 0.15) is 15.7 Å². The predicted octanol–water partition coefficient (Wildman–Crippen LogP) is 4.13. The maximum Gasteiger partial charge on any atom is 0.276 e. The van der Waals surface area contributed by atoms with Crippen molar-refractivity contribution in [1.29, 1.82) is 0 Å². The molecule has 0 aliphatic rings. The average molecular weight is 351 g/mol. The minimum atomic E-state index is -0.289. The normalized spacial score (nSPS) is 10.6. The Morgan fingerprint density at radius 1 is 1.36 bits per heavy atom. The molecule has 5 nitrogen and oxygen atoms in total. The van der Waals surface area contributed by atoms with Crippen LogP contribution in [-0.2, 0) is 6.42 Å². The van der Waals surface area contributed by atoms with Crippen molar-refractivity contribution in [2.24, 2.45) is 0 Å². The van der Waals surface area contributed by atoms with Gasteiger partial charge in [-0.05, 0) is 18.6 Å². The Labute approximate surface area is 140 Å². The van der Waals surface area contributed by atoms with Gasteiger partial charge in [-0.2, -0.15) is 0 Å². The van der Waals surface area contributed by atoms with Gasteiger partial charge in [0.15, 0.2) is 0 Å². The van der Waals surface area contributed by atoms with E-state index >= 15 is 0 Å². The SMILES string of the molecule is CCc1nnc(NC(=O)c2csc(-c3cccc(Cl)c3)n2)s1. The molecular formula is C14H11ClN4OS2. The molecule has 22 heavy (non-hydrogen) atoms. The third-order valence-electron chi connectivity index (χ3n) is 2.80. The van der Waals surface area contributed by atoms with Crippen LogP contribution in [0.5, 0.6) is 0 Å². The van der Waals surface area contributed by atoms with E-state index in [1.807, 2.05) is 25.1 Å². The molecule has 0 unspecified atom stereocenters. The molecule has 0 aliphatic carbocycles. The number of hydrogen-bond acceptors (Lipinski definition) is 6. The van der Waals surface area contributed by atoms with E-state index in [2.05, 4.69) is 20.5 Å². The summed E-state index contributed by atoms with van der Waals surface area (Å²) < 4.78 is 0. The molecule has 3 rings (SSSR count). The maximum atomic E-state index is 12.2. The molecule has 112 valence electrons. The smallest absolute Gasteiger partial charge is 0.276 e. The molecule has 3 aromatic rings. The number of anilines is 1. The van der Waals surface area contributed by atoms with Crippen molar-refractivity contribution < 1.29 is 4.79 Å². The summed E-state index contributed by atoms with van der Waals surface area (Å²) in [6.45, 7) is 1.99. The van der Waals surface area contributed by atoms with E-state index in [1.54, 1.807) is 11.4 Å². The highest BCUT2D eigenvalue weighted by Gasteiger charge is 2.14. The Kier molecular flexibility index (Phi) is 4.47. The van der Waals surface area contributed by atoms with E-state index in [0.717, 1.165) is 22.0 Å². The van der Waals surface area contributed by atoms with Crippen molar-refractivity contribution in [3.05, 3.63) is 45.4 Å². The molecule has 0 bridgehead atoms. The Balaban J connectivity index is 1.76. The van der Waals surface area contributed by atoms with Crippen LogP contribution in [0.4, 0.5) is 5.13 Å². The number of halogens is 1. The first-order valence-corrected chi connectivity index (χ1v) is 8.58. The Morgan fingerprint density at radius 2 is 2.23 bits per heavy atom. The van der Waals surface area contributed by atoms with Crippen molar-refractivity contribution in [2.75, 3.05) is 5.32 Å². The number of hydrogen-bond donors (Lipinski definition) is 1. The first-order chi connectivity index (χ1) is 10.7. The molecule has 1 N–H and O–H groups in total. The van der Waals surface area contributed by atoms with Gasteiger partial charge in [-0.25, -0.2) is 4.98 Å². The van der Waals surface area contributed by atoms with Crippen molar-refractivity contribution in [3.63, 3.8) is 0 Å². The molecule has 0 fully saturated rings. The lowest BCUT2D eigenvalue weighted by atomic mass is 10.2. The number of aromatic nitrogens is 3. The predicted molar refractivity (Wildman–Crippen MR) is 89.8 cm³/mol. The lowest BCUT2D eigenvalue weighted by molar-refractivity contribution is 0.102. The van der Waals surface area contributed by atoms with Crippen LogP contribution in [0, 0.1) is 0 Å². The number of amides is 1. The van der Waals surface area contributed by atoms with Crippen LogP contribution in [0.3, 0.4) is 0 Å². The summed E-state index contributed by atoms with van der Waals surface area (Å²) in [5, 5.41) is 15.1. The zero-order valence-electron chi connectivity index (χ0n) is 11.5. The second kappa shape index (κ2) is 6.51. The lowest BCUT2D eigenvalue weighted by Gasteiger charge is -1.97. The fourth-order valence-corrected chi connectivity index (χ4v) is 3.40. The Hall–Kier alpha value is -1.83. The first-order valence-electron chi connectivity index (χ1n) is 6.51. The summed E-state index contributed by atoms with van der Waals surface area (Å²) in [5.74, 6) is -0.289. The van der Waals surface area contributed by atoms with Crippen molar-refractivity contribution in [2.45, 2.75) is 13.3 Å². The number of benzene rings is 1. The average Bonchev–Trinajstić information content (AvgIpc) is 3.16. The van der Waals surface area contributed by atoms with Gasteiger partial charge in [0.2, 0.25) is 5.13 Å². The summed E-state index contributed by atoms with van der Waals surface area (Å²) in [5.41, 5.74) is 1.24. The highest BCUT2D eigenvalue weighted by atomic mass is 35.5. The van der Waals surface area contributed by atoms with Gasteiger partial charge in [0, 0.05) is 16.0 Å². The van der Waals surface area contributed by atoms with E-state index < -0.39 is 0 Å². The number of carbonyl (C=O) groups is 1. The molecule has 0 saturated heterocycles. The lowest BCUT2D eigenvalue weighted by Crippen LogP contribution is -2.12. The van der Waals surface area contributed by atoms with E-state index in [9.17, 15) is 4.79 Å².